The minimum absolute atomic E-state index is 0.00253. The van der Waals surface area contributed by atoms with E-state index in [1.807, 2.05) is 6.08 Å². The maximum Gasteiger partial charge on any atom is 0.305 e. The molecule has 0 amide bonds. The predicted octanol–water partition coefficient (Wildman–Crippen LogP) is 2.89. The monoisotopic (exact) mass is 386 g/mol. The van der Waals surface area contributed by atoms with Gasteiger partial charge in [-0.2, -0.15) is 0 Å². The molecule has 0 radical (unpaired) electrons. The normalized spacial score (nSPS) is 27.9. The summed E-state index contributed by atoms with van der Waals surface area (Å²) in [6.45, 7) is 2.12. The van der Waals surface area contributed by atoms with Gasteiger partial charge in [0.25, 0.3) is 0 Å². The van der Waals surface area contributed by atoms with Crippen molar-refractivity contribution < 1.29 is 30.0 Å². The van der Waals surface area contributed by atoms with Gasteiger partial charge in [0.15, 0.2) is 0 Å². The number of carbonyl (C=O) groups is 1. The number of unbranched alkanes of at least 4 members (excludes halogenated alkanes) is 3. The molecular weight excluding hydrogens is 348 g/mol. The molecule has 6 nitrogen and oxygen atoms in total. The number of carboxylic acid groups (broad SMARTS) is 1. The molecule has 4 N–H and O–H groups in total. The van der Waals surface area contributed by atoms with E-state index >= 15 is 0 Å². The van der Waals surface area contributed by atoms with Crippen molar-refractivity contribution in [2.24, 2.45) is 11.8 Å². The van der Waals surface area contributed by atoms with Crippen LogP contribution in [-0.4, -0.2) is 57.9 Å². The van der Waals surface area contributed by atoms with Crippen molar-refractivity contribution in [3.05, 3.63) is 12.2 Å². The Morgan fingerprint density at radius 3 is 2.48 bits per heavy atom. The molecule has 1 rings (SSSR count). The summed E-state index contributed by atoms with van der Waals surface area (Å²) in [7, 11) is 1.53. The lowest BCUT2D eigenvalue weighted by Gasteiger charge is -2.21. The largest absolute Gasteiger partial charge is 0.481 e. The number of hydrogen-bond donors (Lipinski definition) is 4. The summed E-state index contributed by atoms with van der Waals surface area (Å²) < 4.78 is 5.19. The number of methoxy groups -OCH3 is 1. The van der Waals surface area contributed by atoms with E-state index in [4.69, 9.17) is 9.84 Å². The number of hydrogen-bond acceptors (Lipinski definition) is 5. The van der Waals surface area contributed by atoms with Crippen LogP contribution in [0.2, 0.25) is 0 Å². The van der Waals surface area contributed by atoms with E-state index in [0.717, 1.165) is 44.9 Å². The molecule has 6 heteroatoms. The Morgan fingerprint density at radius 1 is 1.15 bits per heavy atom. The minimum atomic E-state index is -0.862. The molecule has 158 valence electrons. The summed E-state index contributed by atoms with van der Waals surface area (Å²) in [5, 5.41) is 39.4. The van der Waals surface area contributed by atoms with Crippen LogP contribution < -0.4 is 0 Å². The lowest BCUT2D eigenvalue weighted by Crippen LogP contribution is -2.21. The number of ether oxygens (including phenoxy) is 1. The zero-order valence-corrected chi connectivity index (χ0v) is 16.8. The first-order valence-electron chi connectivity index (χ1n) is 10.4. The Bertz CT molecular complexity index is 438. The second kappa shape index (κ2) is 13.3. The minimum Gasteiger partial charge on any atom is -0.481 e. The summed E-state index contributed by atoms with van der Waals surface area (Å²) in [6.07, 6.45) is 9.14. The topological polar surface area (TPSA) is 107 Å². The van der Waals surface area contributed by atoms with Crippen molar-refractivity contribution in [3.8, 4) is 0 Å². The van der Waals surface area contributed by atoms with Gasteiger partial charge in [-0.15, -0.1) is 0 Å². The highest BCUT2D eigenvalue weighted by molar-refractivity contribution is 5.67. The van der Waals surface area contributed by atoms with Crippen LogP contribution in [0, 0.1) is 11.8 Å². The lowest BCUT2D eigenvalue weighted by molar-refractivity contribution is -0.139. The average Bonchev–Trinajstić information content (AvgIpc) is 2.88. The van der Waals surface area contributed by atoms with Crippen LogP contribution in [0.15, 0.2) is 12.2 Å². The fraction of sp³-hybridized carbons (Fsp3) is 0.857. The molecule has 6 unspecified atom stereocenters. The van der Waals surface area contributed by atoms with Gasteiger partial charge < -0.3 is 25.2 Å². The molecule has 0 aromatic heterocycles. The first-order valence-corrected chi connectivity index (χ1v) is 10.4. The Kier molecular flexibility index (Phi) is 11.8. The SMILES string of the molecule is CCCCCC(O)C=CC1C(O)CC(O)C1CCCCC(CC(=O)O)OC. The zero-order valence-electron chi connectivity index (χ0n) is 16.8. The summed E-state index contributed by atoms with van der Waals surface area (Å²) in [6, 6.07) is 0. The Labute approximate surface area is 163 Å². The van der Waals surface area contributed by atoms with Crippen molar-refractivity contribution in [2.75, 3.05) is 7.11 Å². The molecule has 1 saturated carbocycles. The lowest BCUT2D eigenvalue weighted by atomic mass is 9.87. The van der Waals surface area contributed by atoms with Crippen LogP contribution in [0.3, 0.4) is 0 Å². The number of rotatable bonds is 14. The number of carboxylic acids is 1. The third kappa shape index (κ3) is 9.19. The third-order valence-electron chi connectivity index (χ3n) is 5.62. The highest BCUT2D eigenvalue weighted by Gasteiger charge is 2.39. The molecule has 0 spiro atoms. The molecule has 0 aromatic carbocycles. The second-order valence-electron chi connectivity index (χ2n) is 7.80. The summed E-state index contributed by atoms with van der Waals surface area (Å²) >= 11 is 0. The van der Waals surface area contributed by atoms with Gasteiger partial charge in [-0.1, -0.05) is 51.2 Å². The van der Waals surface area contributed by atoms with Gasteiger partial charge in [0.2, 0.25) is 0 Å². The van der Waals surface area contributed by atoms with Crippen LogP contribution in [0.5, 0.6) is 0 Å². The molecule has 1 fully saturated rings. The Balaban J connectivity index is 2.45. The van der Waals surface area contributed by atoms with E-state index in [0.29, 0.717) is 12.8 Å². The predicted molar refractivity (Wildman–Crippen MR) is 104 cm³/mol. The van der Waals surface area contributed by atoms with Crippen molar-refractivity contribution in [1.82, 2.24) is 0 Å². The Hall–Kier alpha value is -0.950. The van der Waals surface area contributed by atoms with E-state index in [1.165, 1.54) is 7.11 Å². The third-order valence-corrected chi connectivity index (χ3v) is 5.62. The molecule has 27 heavy (non-hydrogen) atoms. The van der Waals surface area contributed by atoms with Gasteiger partial charge >= 0.3 is 5.97 Å². The standard InChI is InChI=1S/C21H38O6/c1-3-4-5-8-15(22)11-12-18-17(19(23)14-20(18)24)10-7-6-9-16(27-2)13-21(25)26/h11-12,15-20,22-24H,3-10,13-14H2,1-2H3,(H,25,26). The zero-order chi connectivity index (χ0) is 20.2. The maximum atomic E-state index is 10.8. The van der Waals surface area contributed by atoms with E-state index < -0.39 is 24.3 Å². The highest BCUT2D eigenvalue weighted by atomic mass is 16.5. The van der Waals surface area contributed by atoms with Crippen molar-refractivity contribution in [2.45, 2.75) is 95.5 Å². The summed E-state index contributed by atoms with van der Waals surface area (Å²) in [5.41, 5.74) is 0. The summed E-state index contributed by atoms with van der Waals surface area (Å²) in [5.74, 6) is -1.03. The second-order valence-corrected chi connectivity index (χ2v) is 7.80. The first kappa shape index (κ1) is 24.1. The Morgan fingerprint density at radius 2 is 1.85 bits per heavy atom. The van der Waals surface area contributed by atoms with Crippen LogP contribution in [-0.2, 0) is 9.53 Å². The van der Waals surface area contributed by atoms with Gasteiger partial charge in [0.05, 0.1) is 30.8 Å². The summed E-state index contributed by atoms with van der Waals surface area (Å²) in [4.78, 5) is 10.8. The molecular formula is C21H38O6. The maximum absolute atomic E-state index is 10.8. The van der Waals surface area contributed by atoms with Crippen LogP contribution in [0.25, 0.3) is 0 Å². The molecule has 1 aliphatic carbocycles. The smallest absolute Gasteiger partial charge is 0.305 e. The van der Waals surface area contributed by atoms with Crippen LogP contribution in [0.1, 0.15) is 71.1 Å². The van der Waals surface area contributed by atoms with Gasteiger partial charge in [-0.25, -0.2) is 0 Å². The van der Waals surface area contributed by atoms with E-state index in [-0.39, 0.29) is 24.4 Å². The number of aliphatic hydroxyl groups excluding tert-OH is 3. The van der Waals surface area contributed by atoms with Gasteiger partial charge in [-0.3, -0.25) is 4.79 Å². The molecule has 0 aromatic rings. The molecule has 6 atom stereocenters. The van der Waals surface area contributed by atoms with Crippen molar-refractivity contribution >= 4 is 5.97 Å². The van der Waals surface area contributed by atoms with Gasteiger partial charge in [0, 0.05) is 19.4 Å². The van der Waals surface area contributed by atoms with Gasteiger partial charge in [-0.05, 0) is 25.2 Å². The number of aliphatic carboxylic acids is 1. The van der Waals surface area contributed by atoms with E-state index in [9.17, 15) is 20.1 Å². The van der Waals surface area contributed by atoms with Crippen LogP contribution >= 0.6 is 0 Å². The molecule has 0 bridgehead atoms. The van der Waals surface area contributed by atoms with Crippen molar-refractivity contribution in [3.63, 3.8) is 0 Å². The van der Waals surface area contributed by atoms with Crippen molar-refractivity contribution in [1.29, 1.82) is 0 Å². The van der Waals surface area contributed by atoms with E-state index in [2.05, 4.69) is 6.92 Å². The van der Waals surface area contributed by atoms with E-state index in [1.54, 1.807) is 6.08 Å². The fourth-order valence-electron chi connectivity index (χ4n) is 3.98. The average molecular weight is 387 g/mol. The van der Waals surface area contributed by atoms with Gasteiger partial charge in [0.1, 0.15) is 0 Å². The molecule has 0 aliphatic heterocycles. The fourth-order valence-corrected chi connectivity index (χ4v) is 3.98. The molecule has 0 heterocycles. The van der Waals surface area contributed by atoms with Crippen LogP contribution in [0.4, 0.5) is 0 Å². The molecule has 1 aliphatic rings. The highest BCUT2D eigenvalue weighted by Crippen LogP contribution is 2.37. The molecule has 0 saturated heterocycles. The number of aliphatic hydroxyl groups is 3. The first-order chi connectivity index (χ1) is 12.9. The quantitative estimate of drug-likeness (QED) is 0.270.